The summed E-state index contributed by atoms with van der Waals surface area (Å²) in [4.78, 5) is 20.5. The molecule has 0 amide bonds. The molecule has 1 saturated carbocycles. The van der Waals surface area contributed by atoms with Crippen LogP contribution in [0.2, 0.25) is 0 Å². The van der Waals surface area contributed by atoms with Gasteiger partial charge in [0, 0.05) is 11.8 Å². The van der Waals surface area contributed by atoms with Gasteiger partial charge in [-0.15, -0.1) is 0 Å². The van der Waals surface area contributed by atoms with E-state index in [0.717, 1.165) is 36.9 Å². The first kappa shape index (κ1) is 13.7. The Kier molecular flexibility index (Phi) is 4.24. The van der Waals surface area contributed by atoms with Crippen LogP contribution < -0.4 is 4.74 Å². The SMILES string of the molecule is O=C(Oc1nccc(-c2ccccc2)n1)C1CCCCC1. The Labute approximate surface area is 124 Å². The highest BCUT2D eigenvalue weighted by atomic mass is 16.5. The van der Waals surface area contributed by atoms with E-state index in [1.807, 2.05) is 36.4 Å². The van der Waals surface area contributed by atoms with E-state index in [2.05, 4.69) is 9.97 Å². The number of hydrogen-bond acceptors (Lipinski definition) is 4. The van der Waals surface area contributed by atoms with Crippen LogP contribution in [0.4, 0.5) is 0 Å². The molecule has 1 aliphatic rings. The minimum atomic E-state index is -0.195. The second-order valence-electron chi connectivity index (χ2n) is 5.35. The van der Waals surface area contributed by atoms with E-state index < -0.39 is 0 Å². The third-order valence-electron chi connectivity index (χ3n) is 3.83. The molecular formula is C17H18N2O2. The fourth-order valence-electron chi connectivity index (χ4n) is 2.67. The van der Waals surface area contributed by atoms with Crippen molar-refractivity contribution in [2.75, 3.05) is 0 Å². The molecule has 0 saturated heterocycles. The fourth-order valence-corrected chi connectivity index (χ4v) is 2.67. The second kappa shape index (κ2) is 6.48. The zero-order valence-electron chi connectivity index (χ0n) is 11.9. The molecule has 1 aromatic heterocycles. The monoisotopic (exact) mass is 282 g/mol. The molecule has 1 aromatic carbocycles. The molecule has 0 bridgehead atoms. The van der Waals surface area contributed by atoms with Gasteiger partial charge in [0.2, 0.25) is 0 Å². The first-order valence-corrected chi connectivity index (χ1v) is 7.43. The summed E-state index contributed by atoms with van der Waals surface area (Å²) in [6.45, 7) is 0. The number of hydrogen-bond donors (Lipinski definition) is 0. The molecule has 0 aliphatic heterocycles. The smallest absolute Gasteiger partial charge is 0.324 e. The zero-order chi connectivity index (χ0) is 14.5. The molecule has 4 nitrogen and oxygen atoms in total. The number of nitrogens with zero attached hydrogens (tertiary/aromatic N) is 2. The van der Waals surface area contributed by atoms with Crippen molar-refractivity contribution in [3.63, 3.8) is 0 Å². The number of ether oxygens (including phenoxy) is 1. The Bertz CT molecular complexity index is 607. The zero-order valence-corrected chi connectivity index (χ0v) is 11.9. The van der Waals surface area contributed by atoms with Crippen LogP contribution in [0.3, 0.4) is 0 Å². The van der Waals surface area contributed by atoms with Crippen molar-refractivity contribution < 1.29 is 9.53 Å². The van der Waals surface area contributed by atoms with Crippen molar-refractivity contribution in [3.05, 3.63) is 42.6 Å². The molecule has 0 spiro atoms. The van der Waals surface area contributed by atoms with Gasteiger partial charge in [-0.25, -0.2) is 4.98 Å². The molecule has 0 N–H and O–H groups in total. The Hall–Kier alpha value is -2.23. The molecule has 0 unspecified atom stereocenters. The van der Waals surface area contributed by atoms with E-state index >= 15 is 0 Å². The average Bonchev–Trinajstić information content (AvgIpc) is 2.57. The van der Waals surface area contributed by atoms with Gasteiger partial charge in [-0.3, -0.25) is 4.79 Å². The molecular weight excluding hydrogens is 264 g/mol. The van der Waals surface area contributed by atoms with Crippen molar-refractivity contribution in [2.45, 2.75) is 32.1 Å². The normalized spacial score (nSPS) is 15.6. The minimum Gasteiger partial charge on any atom is -0.391 e. The van der Waals surface area contributed by atoms with E-state index in [9.17, 15) is 4.79 Å². The number of benzene rings is 1. The summed E-state index contributed by atoms with van der Waals surface area (Å²) in [5.41, 5.74) is 1.74. The molecule has 108 valence electrons. The van der Waals surface area contributed by atoms with Gasteiger partial charge in [0.25, 0.3) is 0 Å². The summed E-state index contributed by atoms with van der Waals surface area (Å²) in [5, 5.41) is 0. The van der Waals surface area contributed by atoms with Crippen LogP contribution in [-0.2, 0) is 4.79 Å². The van der Waals surface area contributed by atoms with Crippen LogP contribution in [0, 0.1) is 5.92 Å². The highest BCUT2D eigenvalue weighted by Gasteiger charge is 2.23. The summed E-state index contributed by atoms with van der Waals surface area (Å²) >= 11 is 0. The summed E-state index contributed by atoms with van der Waals surface area (Å²) in [7, 11) is 0. The van der Waals surface area contributed by atoms with E-state index in [1.54, 1.807) is 6.20 Å². The van der Waals surface area contributed by atoms with E-state index in [0.29, 0.717) is 0 Å². The first-order valence-electron chi connectivity index (χ1n) is 7.43. The summed E-state index contributed by atoms with van der Waals surface area (Å²) in [6.07, 6.45) is 6.87. The molecule has 0 radical (unpaired) electrons. The number of esters is 1. The maximum absolute atomic E-state index is 12.1. The van der Waals surface area contributed by atoms with E-state index in [1.165, 1.54) is 6.42 Å². The third-order valence-corrected chi connectivity index (χ3v) is 3.83. The van der Waals surface area contributed by atoms with E-state index in [4.69, 9.17) is 4.74 Å². The lowest BCUT2D eigenvalue weighted by molar-refractivity contribution is -0.140. The van der Waals surface area contributed by atoms with Gasteiger partial charge in [-0.1, -0.05) is 49.6 Å². The predicted molar refractivity (Wildman–Crippen MR) is 79.7 cm³/mol. The van der Waals surface area contributed by atoms with E-state index in [-0.39, 0.29) is 17.9 Å². The van der Waals surface area contributed by atoms with Crippen molar-refractivity contribution in [2.24, 2.45) is 5.92 Å². The van der Waals surface area contributed by atoms with Crippen molar-refractivity contribution >= 4 is 5.97 Å². The average molecular weight is 282 g/mol. The number of carbonyl (C=O) groups is 1. The molecule has 4 heteroatoms. The highest BCUT2D eigenvalue weighted by Crippen LogP contribution is 2.25. The van der Waals surface area contributed by atoms with Crippen LogP contribution in [0.15, 0.2) is 42.6 Å². The highest BCUT2D eigenvalue weighted by molar-refractivity contribution is 5.74. The van der Waals surface area contributed by atoms with Gasteiger partial charge in [-0.05, 0) is 18.9 Å². The van der Waals surface area contributed by atoms with Crippen LogP contribution >= 0.6 is 0 Å². The first-order chi connectivity index (χ1) is 10.3. The van der Waals surface area contributed by atoms with Gasteiger partial charge < -0.3 is 4.74 Å². The lowest BCUT2D eigenvalue weighted by atomic mass is 9.89. The largest absolute Gasteiger partial charge is 0.391 e. The maximum atomic E-state index is 12.1. The standard InChI is InChI=1S/C17H18N2O2/c20-16(14-9-5-2-6-10-14)21-17-18-12-11-15(19-17)13-7-3-1-4-8-13/h1,3-4,7-8,11-12,14H,2,5-6,9-10H2. The summed E-state index contributed by atoms with van der Waals surface area (Å²) in [5.74, 6) is -0.192. The Morgan fingerprint density at radius 1 is 1.05 bits per heavy atom. The predicted octanol–water partition coefficient (Wildman–Crippen LogP) is 3.63. The Morgan fingerprint density at radius 3 is 2.57 bits per heavy atom. The molecule has 1 fully saturated rings. The molecule has 2 aromatic rings. The van der Waals surface area contributed by atoms with Crippen LogP contribution in [0.5, 0.6) is 6.01 Å². The van der Waals surface area contributed by atoms with Crippen LogP contribution in [0.1, 0.15) is 32.1 Å². The molecule has 21 heavy (non-hydrogen) atoms. The Morgan fingerprint density at radius 2 is 1.81 bits per heavy atom. The van der Waals surface area contributed by atoms with Gasteiger partial charge in [-0.2, -0.15) is 4.98 Å². The van der Waals surface area contributed by atoms with Crippen LogP contribution in [-0.4, -0.2) is 15.9 Å². The molecule has 1 aliphatic carbocycles. The lowest BCUT2D eigenvalue weighted by Crippen LogP contribution is -2.23. The number of aromatic nitrogens is 2. The fraction of sp³-hybridized carbons (Fsp3) is 0.353. The third kappa shape index (κ3) is 3.45. The van der Waals surface area contributed by atoms with Gasteiger partial charge in [0.05, 0.1) is 11.6 Å². The topological polar surface area (TPSA) is 52.1 Å². The molecule has 1 heterocycles. The Balaban J connectivity index is 1.73. The van der Waals surface area contributed by atoms with Gasteiger partial charge in [0.15, 0.2) is 0 Å². The van der Waals surface area contributed by atoms with Crippen molar-refractivity contribution in [1.29, 1.82) is 0 Å². The number of rotatable bonds is 3. The minimum absolute atomic E-state index is 0.00253. The van der Waals surface area contributed by atoms with Gasteiger partial charge in [0.1, 0.15) is 0 Å². The summed E-state index contributed by atoms with van der Waals surface area (Å²) in [6, 6.07) is 11.7. The van der Waals surface area contributed by atoms with Crippen molar-refractivity contribution in [1.82, 2.24) is 9.97 Å². The maximum Gasteiger partial charge on any atom is 0.324 e. The summed E-state index contributed by atoms with van der Waals surface area (Å²) < 4.78 is 5.35. The van der Waals surface area contributed by atoms with Crippen molar-refractivity contribution in [3.8, 4) is 17.3 Å². The number of carbonyl (C=O) groups excluding carboxylic acids is 1. The van der Waals surface area contributed by atoms with Crippen LogP contribution in [0.25, 0.3) is 11.3 Å². The lowest BCUT2D eigenvalue weighted by Gasteiger charge is -2.19. The molecule has 0 atom stereocenters. The quantitative estimate of drug-likeness (QED) is 0.807. The molecule has 3 rings (SSSR count). The second-order valence-corrected chi connectivity index (χ2v) is 5.35. The van der Waals surface area contributed by atoms with Gasteiger partial charge >= 0.3 is 12.0 Å².